The van der Waals surface area contributed by atoms with Crippen molar-refractivity contribution in [2.45, 2.75) is 50.5 Å². The lowest BCUT2D eigenvalue weighted by atomic mass is 9.70. The van der Waals surface area contributed by atoms with E-state index in [4.69, 9.17) is 9.47 Å². The summed E-state index contributed by atoms with van der Waals surface area (Å²) in [7, 11) is 0. The molecule has 4 fully saturated rings. The Hall–Kier alpha value is -2.01. The Balaban J connectivity index is 1.67. The summed E-state index contributed by atoms with van der Waals surface area (Å²) >= 11 is 0. The zero-order valence-corrected chi connectivity index (χ0v) is 20.1. The van der Waals surface area contributed by atoms with Crippen LogP contribution in [0.2, 0.25) is 0 Å². The highest BCUT2D eigenvalue weighted by atomic mass is 16.5. The Kier molecular flexibility index (Phi) is 7.33. The van der Waals surface area contributed by atoms with E-state index in [1.807, 2.05) is 13.8 Å². The van der Waals surface area contributed by atoms with Gasteiger partial charge in [0.05, 0.1) is 43.8 Å². The highest BCUT2D eigenvalue weighted by molar-refractivity contribution is 5.98. The number of carboxylic acids is 1. The number of aliphatic hydroxyl groups excluding tert-OH is 1. The molecule has 0 aromatic heterocycles. The van der Waals surface area contributed by atoms with Crippen molar-refractivity contribution in [3.63, 3.8) is 0 Å². The van der Waals surface area contributed by atoms with E-state index < -0.39 is 47.5 Å². The van der Waals surface area contributed by atoms with Crippen molar-refractivity contribution in [2.24, 2.45) is 17.8 Å². The molecule has 10 heteroatoms. The third kappa shape index (κ3) is 4.04. The van der Waals surface area contributed by atoms with Crippen molar-refractivity contribution in [3.05, 3.63) is 12.7 Å². The number of carbonyl (C=O) groups is 3. The van der Waals surface area contributed by atoms with Gasteiger partial charge in [0.15, 0.2) is 0 Å². The molecule has 4 aliphatic heterocycles. The Labute approximate surface area is 200 Å². The molecule has 4 aliphatic rings. The van der Waals surface area contributed by atoms with Crippen molar-refractivity contribution in [2.75, 3.05) is 52.5 Å². The molecule has 190 valence electrons. The van der Waals surface area contributed by atoms with Crippen molar-refractivity contribution < 1.29 is 34.1 Å². The van der Waals surface area contributed by atoms with Crippen LogP contribution < -0.4 is 0 Å². The molecule has 0 radical (unpaired) electrons. The molecule has 2 bridgehead atoms. The maximum absolute atomic E-state index is 14.1. The fourth-order valence-corrected chi connectivity index (χ4v) is 6.34. The van der Waals surface area contributed by atoms with Crippen LogP contribution in [0.4, 0.5) is 0 Å². The van der Waals surface area contributed by atoms with E-state index in [1.165, 1.54) is 4.90 Å². The number of aliphatic carboxylic acids is 1. The molecule has 0 aromatic carbocycles. The molecule has 6 atom stereocenters. The first-order valence-corrected chi connectivity index (χ1v) is 12.3. The number of nitrogens with zero attached hydrogens (tertiary/aromatic N) is 3. The summed E-state index contributed by atoms with van der Waals surface area (Å²) in [6, 6.07) is -1.58. The number of carbonyl (C=O) groups excluding carboxylic acids is 2. The first kappa shape index (κ1) is 25.1. The summed E-state index contributed by atoms with van der Waals surface area (Å²) in [6.45, 7) is 11.6. The minimum absolute atomic E-state index is 0.124. The van der Waals surface area contributed by atoms with Crippen LogP contribution >= 0.6 is 0 Å². The van der Waals surface area contributed by atoms with Crippen LogP contribution in [0.5, 0.6) is 0 Å². The minimum atomic E-state index is -1.18. The minimum Gasteiger partial charge on any atom is -0.481 e. The predicted molar refractivity (Wildman–Crippen MR) is 122 cm³/mol. The zero-order valence-electron chi connectivity index (χ0n) is 20.1. The molecule has 4 heterocycles. The van der Waals surface area contributed by atoms with Gasteiger partial charge in [0.1, 0.15) is 11.6 Å². The third-order valence-electron chi connectivity index (χ3n) is 8.02. The molecule has 0 saturated carbocycles. The Bertz CT molecular complexity index is 814. The molecule has 34 heavy (non-hydrogen) atoms. The standard InChI is InChI=1S/C24H37N3O7/c1-4-7-26(9-8-25-10-12-33-13-11-25)22(30)20-24-6-5-17(34-24)18(23(31)32)19(24)21(29)27(20)16(14-28)15(2)3/h4,15-20,28H,1,5-14H2,2-3H3,(H,31,32)/t16-,17-,18+,19+,20-,24+/m0/s1. The fraction of sp³-hybridized carbons (Fsp3) is 0.792. The SMILES string of the molecule is C=CCN(CCN1CCOCC1)C(=O)[C@@H]1N([C@@H](CO)C(C)C)C(=O)[C@H]2[C@H](C(=O)O)[C@@H]3CC[C@]12O3. The second-order valence-corrected chi connectivity index (χ2v) is 10.2. The van der Waals surface area contributed by atoms with E-state index in [0.717, 1.165) is 13.1 Å². The van der Waals surface area contributed by atoms with Gasteiger partial charge in [-0.1, -0.05) is 19.9 Å². The summed E-state index contributed by atoms with van der Waals surface area (Å²) < 4.78 is 11.7. The molecule has 4 rings (SSSR count). The van der Waals surface area contributed by atoms with Gasteiger partial charge in [0.25, 0.3) is 0 Å². The zero-order chi connectivity index (χ0) is 24.6. The van der Waals surface area contributed by atoms with E-state index in [0.29, 0.717) is 45.7 Å². The van der Waals surface area contributed by atoms with E-state index in [1.54, 1.807) is 11.0 Å². The lowest BCUT2D eigenvalue weighted by Gasteiger charge is -2.40. The first-order chi connectivity index (χ1) is 16.3. The van der Waals surface area contributed by atoms with Gasteiger partial charge in [-0.05, 0) is 18.8 Å². The molecule has 0 aliphatic carbocycles. The number of aliphatic hydroxyl groups is 1. The number of amides is 2. The van der Waals surface area contributed by atoms with Gasteiger partial charge in [0, 0.05) is 32.7 Å². The van der Waals surface area contributed by atoms with Crippen LogP contribution in [0.1, 0.15) is 26.7 Å². The van der Waals surface area contributed by atoms with Gasteiger partial charge in [-0.3, -0.25) is 19.3 Å². The Morgan fingerprint density at radius 2 is 2.03 bits per heavy atom. The summed E-state index contributed by atoms with van der Waals surface area (Å²) in [5.41, 5.74) is -1.18. The average molecular weight is 480 g/mol. The second-order valence-electron chi connectivity index (χ2n) is 10.2. The number of ether oxygens (including phenoxy) is 2. The molecule has 4 saturated heterocycles. The molecule has 2 N–H and O–H groups in total. The molecule has 1 spiro atoms. The van der Waals surface area contributed by atoms with Crippen molar-refractivity contribution in [1.82, 2.24) is 14.7 Å². The van der Waals surface area contributed by atoms with Crippen LogP contribution in [0.15, 0.2) is 12.7 Å². The van der Waals surface area contributed by atoms with Gasteiger partial charge in [-0.25, -0.2) is 0 Å². The number of likely N-dealkylation sites (tertiary alicyclic amines) is 1. The van der Waals surface area contributed by atoms with Crippen LogP contribution in [0.3, 0.4) is 0 Å². The topological polar surface area (TPSA) is 120 Å². The summed E-state index contributed by atoms with van der Waals surface area (Å²) in [5.74, 6) is -3.76. The molecular formula is C24H37N3O7. The molecule has 10 nitrogen and oxygen atoms in total. The van der Waals surface area contributed by atoms with Gasteiger partial charge in [-0.2, -0.15) is 0 Å². The second kappa shape index (κ2) is 9.93. The highest BCUT2D eigenvalue weighted by Crippen LogP contribution is 2.59. The Morgan fingerprint density at radius 3 is 2.62 bits per heavy atom. The van der Waals surface area contributed by atoms with Gasteiger partial charge in [0.2, 0.25) is 11.8 Å². The number of morpholine rings is 1. The maximum Gasteiger partial charge on any atom is 0.310 e. The normalized spacial score (nSPS) is 33.9. The summed E-state index contributed by atoms with van der Waals surface area (Å²) in [4.78, 5) is 45.4. The Morgan fingerprint density at radius 1 is 1.32 bits per heavy atom. The molecule has 0 aromatic rings. The molecule has 2 amide bonds. The summed E-state index contributed by atoms with van der Waals surface area (Å²) in [6.07, 6.45) is 2.04. The molecule has 0 unspecified atom stereocenters. The van der Waals surface area contributed by atoms with Crippen molar-refractivity contribution in [1.29, 1.82) is 0 Å². The van der Waals surface area contributed by atoms with Crippen LogP contribution in [0.25, 0.3) is 0 Å². The number of rotatable bonds is 10. The smallest absolute Gasteiger partial charge is 0.310 e. The lowest BCUT2D eigenvalue weighted by Crippen LogP contribution is -2.60. The number of carboxylic acid groups (broad SMARTS) is 1. The van der Waals surface area contributed by atoms with Gasteiger partial charge >= 0.3 is 5.97 Å². The predicted octanol–water partition coefficient (Wildman–Crippen LogP) is -0.191. The molecular weight excluding hydrogens is 442 g/mol. The van der Waals surface area contributed by atoms with E-state index in [-0.39, 0.29) is 18.4 Å². The van der Waals surface area contributed by atoms with E-state index in [2.05, 4.69) is 11.5 Å². The number of hydrogen-bond donors (Lipinski definition) is 2. The van der Waals surface area contributed by atoms with E-state index >= 15 is 0 Å². The quantitative estimate of drug-likeness (QED) is 0.414. The monoisotopic (exact) mass is 479 g/mol. The van der Waals surface area contributed by atoms with Crippen molar-refractivity contribution >= 4 is 17.8 Å². The number of fused-ring (bicyclic) bond motifs is 1. The fourth-order valence-electron chi connectivity index (χ4n) is 6.34. The van der Waals surface area contributed by atoms with Crippen molar-refractivity contribution in [3.8, 4) is 0 Å². The van der Waals surface area contributed by atoms with Gasteiger partial charge < -0.3 is 29.5 Å². The summed E-state index contributed by atoms with van der Waals surface area (Å²) in [5, 5.41) is 20.1. The average Bonchev–Trinajstić information content (AvgIpc) is 3.45. The van der Waals surface area contributed by atoms with Crippen LogP contribution in [-0.2, 0) is 23.9 Å². The maximum atomic E-state index is 14.1. The van der Waals surface area contributed by atoms with Crippen LogP contribution in [0, 0.1) is 17.8 Å². The van der Waals surface area contributed by atoms with Crippen LogP contribution in [-0.4, -0.2) is 119 Å². The highest BCUT2D eigenvalue weighted by Gasteiger charge is 2.75. The largest absolute Gasteiger partial charge is 0.481 e. The van der Waals surface area contributed by atoms with Gasteiger partial charge in [-0.15, -0.1) is 6.58 Å². The van der Waals surface area contributed by atoms with E-state index in [9.17, 15) is 24.6 Å². The lowest BCUT2D eigenvalue weighted by molar-refractivity contribution is -0.154. The first-order valence-electron chi connectivity index (χ1n) is 12.3. The third-order valence-corrected chi connectivity index (χ3v) is 8.02. The number of hydrogen-bond acceptors (Lipinski definition) is 7.